The lowest BCUT2D eigenvalue weighted by Gasteiger charge is -2.06. The van der Waals surface area contributed by atoms with Crippen molar-refractivity contribution in [1.82, 2.24) is 0 Å². The van der Waals surface area contributed by atoms with E-state index in [1.165, 1.54) is 6.07 Å². The molecule has 0 spiro atoms. The number of para-hydroxylation sites is 1. The molecule has 0 fully saturated rings. The lowest BCUT2D eigenvalue weighted by molar-refractivity contribution is -0.384. The van der Waals surface area contributed by atoms with Crippen molar-refractivity contribution >= 4 is 28.9 Å². The van der Waals surface area contributed by atoms with Crippen LogP contribution in [0.25, 0.3) is 0 Å². The van der Waals surface area contributed by atoms with E-state index in [9.17, 15) is 20.0 Å². The van der Waals surface area contributed by atoms with Crippen LogP contribution in [0.4, 0.5) is 11.4 Å². The van der Waals surface area contributed by atoms with E-state index in [4.69, 9.17) is 20.8 Å². The average Bonchev–Trinajstić information content (AvgIpc) is 3.12. The molecular formula is C18H13ClN2O6. The fourth-order valence-corrected chi connectivity index (χ4v) is 2.40. The number of benzene rings is 2. The molecule has 8 nitrogen and oxygen atoms in total. The minimum atomic E-state index is -0.671. The number of halogens is 1. The van der Waals surface area contributed by atoms with Gasteiger partial charge in [-0.05, 0) is 30.3 Å². The number of nitrogens with one attached hydrogen (secondary N) is 1. The Labute approximate surface area is 158 Å². The van der Waals surface area contributed by atoms with E-state index < -0.39 is 10.8 Å². The Morgan fingerprint density at radius 2 is 2.00 bits per heavy atom. The fourth-order valence-electron chi connectivity index (χ4n) is 2.21. The van der Waals surface area contributed by atoms with Gasteiger partial charge in [0.15, 0.2) is 5.76 Å². The number of rotatable bonds is 6. The quantitative estimate of drug-likeness (QED) is 0.368. The lowest BCUT2D eigenvalue weighted by atomic mass is 10.2. The minimum Gasteiger partial charge on any atom is -0.506 e. The number of nitrogens with zero attached hydrogens (tertiary/aromatic N) is 1. The summed E-state index contributed by atoms with van der Waals surface area (Å²) >= 11 is 5.99. The van der Waals surface area contributed by atoms with E-state index in [2.05, 4.69) is 5.32 Å². The second-order valence-electron chi connectivity index (χ2n) is 5.40. The maximum Gasteiger partial charge on any atom is 0.291 e. The molecule has 9 heteroatoms. The van der Waals surface area contributed by atoms with Crippen molar-refractivity contribution in [3.8, 4) is 11.5 Å². The molecule has 0 aliphatic heterocycles. The zero-order valence-electron chi connectivity index (χ0n) is 13.7. The number of anilines is 1. The third-order valence-corrected chi connectivity index (χ3v) is 3.84. The summed E-state index contributed by atoms with van der Waals surface area (Å²) in [6.07, 6.45) is 0. The average molecular weight is 389 g/mol. The molecule has 0 saturated heterocycles. The summed E-state index contributed by atoms with van der Waals surface area (Å²) in [5.74, 6) is -0.164. The Kier molecular flexibility index (Phi) is 5.28. The number of phenols is 1. The molecule has 0 radical (unpaired) electrons. The molecule has 1 heterocycles. The highest BCUT2D eigenvalue weighted by molar-refractivity contribution is 6.32. The van der Waals surface area contributed by atoms with Crippen molar-refractivity contribution in [3.05, 3.63) is 81.3 Å². The molecule has 0 aliphatic carbocycles. The number of furan rings is 1. The molecule has 0 saturated carbocycles. The van der Waals surface area contributed by atoms with Gasteiger partial charge in [0.05, 0.1) is 15.6 Å². The molecule has 1 aromatic heterocycles. The van der Waals surface area contributed by atoms with Crippen molar-refractivity contribution in [2.24, 2.45) is 0 Å². The van der Waals surface area contributed by atoms with Crippen molar-refractivity contribution in [2.75, 3.05) is 5.32 Å². The zero-order chi connectivity index (χ0) is 19.4. The number of non-ortho nitro benzene ring substituents is 1. The molecule has 0 atom stereocenters. The standard InChI is InChI=1S/C18H13ClN2O6/c19-13-3-1-2-4-16(13)26-10-12-6-8-17(27-12)18(23)20-14-9-11(21(24)25)5-7-15(14)22/h1-9,22H,10H2,(H,20,23). The van der Waals surface area contributed by atoms with E-state index in [0.717, 1.165) is 18.2 Å². The number of carbonyl (C=O) groups excluding carboxylic acids is 1. The van der Waals surface area contributed by atoms with E-state index in [-0.39, 0.29) is 29.5 Å². The summed E-state index contributed by atoms with van der Waals surface area (Å²) < 4.78 is 10.9. The van der Waals surface area contributed by atoms with Gasteiger partial charge in [0, 0.05) is 12.1 Å². The molecular weight excluding hydrogens is 376 g/mol. The highest BCUT2D eigenvalue weighted by Crippen LogP contribution is 2.28. The van der Waals surface area contributed by atoms with E-state index in [1.54, 1.807) is 30.3 Å². The molecule has 27 heavy (non-hydrogen) atoms. The van der Waals surface area contributed by atoms with Gasteiger partial charge in [-0.25, -0.2) is 0 Å². The van der Waals surface area contributed by atoms with Gasteiger partial charge >= 0.3 is 0 Å². The lowest BCUT2D eigenvalue weighted by Crippen LogP contribution is -2.11. The van der Waals surface area contributed by atoms with Crippen LogP contribution in [0.5, 0.6) is 11.5 Å². The Morgan fingerprint density at radius 1 is 1.22 bits per heavy atom. The number of nitro groups is 1. The monoisotopic (exact) mass is 388 g/mol. The van der Waals surface area contributed by atoms with Gasteiger partial charge in [-0.15, -0.1) is 0 Å². The van der Waals surface area contributed by atoms with Gasteiger partial charge in [0.1, 0.15) is 23.9 Å². The molecule has 3 aromatic rings. The second kappa shape index (κ2) is 7.79. The topological polar surface area (TPSA) is 115 Å². The number of amides is 1. The van der Waals surface area contributed by atoms with E-state index >= 15 is 0 Å². The predicted molar refractivity (Wildman–Crippen MR) is 97.2 cm³/mol. The Balaban J connectivity index is 1.67. The summed E-state index contributed by atoms with van der Waals surface area (Å²) in [6.45, 7) is 0.0546. The van der Waals surface area contributed by atoms with Crippen LogP contribution in [0.2, 0.25) is 5.02 Å². The number of hydrogen-bond donors (Lipinski definition) is 2. The summed E-state index contributed by atoms with van der Waals surface area (Å²) in [4.78, 5) is 22.4. The SMILES string of the molecule is O=C(Nc1cc([N+](=O)[O-])ccc1O)c1ccc(COc2ccccc2Cl)o1. The molecule has 1 amide bonds. The molecule has 2 aromatic carbocycles. The van der Waals surface area contributed by atoms with Crippen molar-refractivity contribution in [2.45, 2.75) is 6.61 Å². The van der Waals surface area contributed by atoms with Crippen molar-refractivity contribution in [3.63, 3.8) is 0 Å². The van der Waals surface area contributed by atoms with Crippen LogP contribution >= 0.6 is 11.6 Å². The van der Waals surface area contributed by atoms with Gasteiger partial charge < -0.3 is 19.6 Å². The van der Waals surface area contributed by atoms with E-state index in [0.29, 0.717) is 16.5 Å². The number of aromatic hydroxyl groups is 1. The molecule has 0 unspecified atom stereocenters. The Morgan fingerprint density at radius 3 is 2.74 bits per heavy atom. The Hall–Kier alpha value is -3.52. The molecule has 0 aliphatic rings. The van der Waals surface area contributed by atoms with Crippen molar-refractivity contribution in [1.29, 1.82) is 0 Å². The highest BCUT2D eigenvalue weighted by Gasteiger charge is 2.16. The molecule has 3 rings (SSSR count). The van der Waals surface area contributed by atoms with Crippen LogP contribution in [0.1, 0.15) is 16.3 Å². The van der Waals surface area contributed by atoms with Crippen LogP contribution in [0, 0.1) is 10.1 Å². The zero-order valence-corrected chi connectivity index (χ0v) is 14.5. The van der Waals surface area contributed by atoms with Crippen LogP contribution in [-0.4, -0.2) is 15.9 Å². The summed E-state index contributed by atoms with van der Waals surface area (Å²) in [5, 5.41) is 23.4. The number of carbonyl (C=O) groups is 1. The fraction of sp³-hybridized carbons (Fsp3) is 0.0556. The third-order valence-electron chi connectivity index (χ3n) is 3.53. The molecule has 2 N–H and O–H groups in total. The Bertz CT molecular complexity index is 1000. The first kappa shape index (κ1) is 18.3. The maximum atomic E-state index is 12.2. The smallest absolute Gasteiger partial charge is 0.291 e. The van der Waals surface area contributed by atoms with Gasteiger partial charge in [-0.3, -0.25) is 14.9 Å². The first-order valence-electron chi connectivity index (χ1n) is 7.69. The minimum absolute atomic E-state index is 0.0429. The van der Waals surface area contributed by atoms with Gasteiger partial charge in [-0.2, -0.15) is 0 Å². The third kappa shape index (κ3) is 4.36. The highest BCUT2D eigenvalue weighted by atomic mass is 35.5. The van der Waals surface area contributed by atoms with Gasteiger partial charge in [0.25, 0.3) is 11.6 Å². The second-order valence-corrected chi connectivity index (χ2v) is 5.80. The van der Waals surface area contributed by atoms with Crippen LogP contribution < -0.4 is 10.1 Å². The molecule has 0 bridgehead atoms. The van der Waals surface area contributed by atoms with E-state index in [1.807, 2.05) is 0 Å². The molecule has 138 valence electrons. The predicted octanol–water partition coefficient (Wildman–Crippen LogP) is 4.38. The first-order chi connectivity index (χ1) is 12.9. The summed E-state index contributed by atoms with van der Waals surface area (Å²) in [7, 11) is 0. The van der Waals surface area contributed by atoms with Crippen LogP contribution in [0.3, 0.4) is 0 Å². The maximum absolute atomic E-state index is 12.2. The normalized spacial score (nSPS) is 10.4. The summed E-state index contributed by atoms with van der Waals surface area (Å²) in [6, 6.07) is 13.2. The number of hydrogen-bond acceptors (Lipinski definition) is 6. The van der Waals surface area contributed by atoms with Crippen LogP contribution in [0.15, 0.2) is 59.0 Å². The number of phenolic OH excluding ortho intramolecular Hbond substituents is 1. The van der Waals surface area contributed by atoms with Crippen LogP contribution in [-0.2, 0) is 6.61 Å². The van der Waals surface area contributed by atoms with Gasteiger partial charge in [-0.1, -0.05) is 23.7 Å². The van der Waals surface area contributed by atoms with Gasteiger partial charge in [0.2, 0.25) is 0 Å². The van der Waals surface area contributed by atoms with Crippen molar-refractivity contribution < 1.29 is 24.0 Å². The summed E-state index contributed by atoms with van der Waals surface area (Å²) in [5.41, 5.74) is -0.365. The number of nitro benzene ring substituents is 1. The largest absolute Gasteiger partial charge is 0.506 e. The number of ether oxygens (including phenoxy) is 1. The first-order valence-corrected chi connectivity index (χ1v) is 8.06.